The molecule has 1 amide bonds. The Morgan fingerprint density at radius 3 is 2.76 bits per heavy atom. The SMILES string of the molecule is CC(=O)Nc1ccc(F)c(NCc2cc(Cl)ccc2O)c1. The Hall–Kier alpha value is -2.27. The predicted molar refractivity (Wildman–Crippen MR) is 81.1 cm³/mol. The highest BCUT2D eigenvalue weighted by Gasteiger charge is 2.07. The Morgan fingerprint density at radius 2 is 2.05 bits per heavy atom. The second kappa shape index (κ2) is 6.45. The maximum atomic E-state index is 13.7. The van der Waals surface area contributed by atoms with Crippen molar-refractivity contribution >= 4 is 28.9 Å². The fraction of sp³-hybridized carbons (Fsp3) is 0.133. The van der Waals surface area contributed by atoms with Crippen molar-refractivity contribution in [3.05, 3.63) is 52.8 Å². The van der Waals surface area contributed by atoms with Gasteiger partial charge in [-0.1, -0.05) is 11.6 Å². The monoisotopic (exact) mass is 308 g/mol. The molecular weight excluding hydrogens is 295 g/mol. The zero-order valence-electron chi connectivity index (χ0n) is 11.3. The lowest BCUT2D eigenvalue weighted by Crippen LogP contribution is -2.07. The summed E-state index contributed by atoms with van der Waals surface area (Å²) >= 11 is 5.85. The zero-order valence-corrected chi connectivity index (χ0v) is 12.0. The molecule has 0 atom stereocenters. The molecule has 6 heteroatoms. The Kier molecular flexibility index (Phi) is 4.65. The van der Waals surface area contributed by atoms with Crippen molar-refractivity contribution in [1.29, 1.82) is 0 Å². The number of rotatable bonds is 4. The molecule has 0 bridgehead atoms. The fourth-order valence-corrected chi connectivity index (χ4v) is 2.02. The first kappa shape index (κ1) is 15.1. The summed E-state index contributed by atoms with van der Waals surface area (Å²) in [6.45, 7) is 1.58. The van der Waals surface area contributed by atoms with Gasteiger partial charge in [0.25, 0.3) is 0 Å². The van der Waals surface area contributed by atoms with Gasteiger partial charge in [-0.05, 0) is 36.4 Å². The molecule has 0 saturated carbocycles. The molecule has 0 radical (unpaired) electrons. The third-order valence-corrected chi connectivity index (χ3v) is 3.03. The van der Waals surface area contributed by atoms with E-state index in [9.17, 15) is 14.3 Å². The molecule has 0 saturated heterocycles. The van der Waals surface area contributed by atoms with Crippen LogP contribution in [0.15, 0.2) is 36.4 Å². The van der Waals surface area contributed by atoms with Crippen molar-refractivity contribution in [2.75, 3.05) is 10.6 Å². The van der Waals surface area contributed by atoms with E-state index in [4.69, 9.17) is 11.6 Å². The molecule has 0 aliphatic rings. The molecule has 110 valence electrons. The number of hydrogen-bond donors (Lipinski definition) is 3. The van der Waals surface area contributed by atoms with E-state index in [2.05, 4.69) is 10.6 Å². The first-order valence-corrected chi connectivity index (χ1v) is 6.62. The van der Waals surface area contributed by atoms with Gasteiger partial charge in [0.2, 0.25) is 5.91 Å². The minimum Gasteiger partial charge on any atom is -0.508 e. The maximum Gasteiger partial charge on any atom is 0.221 e. The highest BCUT2D eigenvalue weighted by Crippen LogP contribution is 2.24. The lowest BCUT2D eigenvalue weighted by atomic mass is 10.2. The van der Waals surface area contributed by atoms with E-state index < -0.39 is 5.82 Å². The van der Waals surface area contributed by atoms with Gasteiger partial charge in [-0.25, -0.2) is 4.39 Å². The quantitative estimate of drug-likeness (QED) is 0.806. The average molecular weight is 309 g/mol. The molecule has 2 aromatic rings. The van der Waals surface area contributed by atoms with E-state index in [0.717, 1.165) is 0 Å². The summed E-state index contributed by atoms with van der Waals surface area (Å²) in [5.74, 6) is -0.615. The molecule has 0 spiro atoms. The number of anilines is 2. The first-order chi connectivity index (χ1) is 9.95. The molecule has 21 heavy (non-hydrogen) atoms. The molecule has 0 unspecified atom stereocenters. The van der Waals surface area contributed by atoms with E-state index in [1.165, 1.54) is 31.2 Å². The number of amides is 1. The lowest BCUT2D eigenvalue weighted by molar-refractivity contribution is -0.114. The van der Waals surface area contributed by atoms with Crippen molar-refractivity contribution in [1.82, 2.24) is 0 Å². The summed E-state index contributed by atoms with van der Waals surface area (Å²) in [5.41, 5.74) is 1.26. The van der Waals surface area contributed by atoms with Crippen molar-refractivity contribution in [3.63, 3.8) is 0 Å². The average Bonchev–Trinajstić information content (AvgIpc) is 2.42. The molecule has 0 heterocycles. The van der Waals surface area contributed by atoms with Crippen molar-refractivity contribution in [2.24, 2.45) is 0 Å². The molecule has 0 aliphatic heterocycles. The maximum absolute atomic E-state index is 13.7. The van der Waals surface area contributed by atoms with Gasteiger partial charge in [-0.15, -0.1) is 0 Å². The number of phenols is 1. The van der Waals surface area contributed by atoms with E-state index in [1.807, 2.05) is 0 Å². The van der Waals surface area contributed by atoms with Gasteiger partial charge in [0.1, 0.15) is 11.6 Å². The van der Waals surface area contributed by atoms with Crippen molar-refractivity contribution in [2.45, 2.75) is 13.5 Å². The van der Waals surface area contributed by atoms with Gasteiger partial charge < -0.3 is 15.7 Å². The van der Waals surface area contributed by atoms with Crippen LogP contribution in [-0.2, 0) is 11.3 Å². The molecule has 4 nitrogen and oxygen atoms in total. The van der Waals surface area contributed by atoms with Crippen molar-refractivity contribution < 1.29 is 14.3 Å². The molecule has 3 N–H and O–H groups in total. The first-order valence-electron chi connectivity index (χ1n) is 6.24. The summed E-state index contributed by atoms with van der Waals surface area (Å²) in [6, 6.07) is 8.85. The lowest BCUT2D eigenvalue weighted by Gasteiger charge is -2.11. The zero-order chi connectivity index (χ0) is 15.4. The molecule has 2 aromatic carbocycles. The summed E-state index contributed by atoms with van der Waals surface area (Å²) in [5, 5.41) is 15.6. The van der Waals surface area contributed by atoms with Gasteiger partial charge in [-0.2, -0.15) is 0 Å². The molecule has 0 fully saturated rings. The van der Waals surface area contributed by atoms with E-state index in [0.29, 0.717) is 16.3 Å². The summed E-state index contributed by atoms with van der Waals surface area (Å²) in [7, 11) is 0. The minimum atomic E-state index is -0.453. The second-order valence-corrected chi connectivity index (χ2v) is 4.94. The van der Waals surface area contributed by atoms with Crippen LogP contribution < -0.4 is 10.6 Å². The van der Waals surface area contributed by atoms with Crippen LogP contribution in [0.1, 0.15) is 12.5 Å². The van der Waals surface area contributed by atoms with Crippen molar-refractivity contribution in [3.8, 4) is 5.75 Å². The number of nitrogens with one attached hydrogen (secondary N) is 2. The second-order valence-electron chi connectivity index (χ2n) is 4.50. The normalized spacial score (nSPS) is 10.2. The molecule has 0 aliphatic carbocycles. The largest absolute Gasteiger partial charge is 0.508 e. The topological polar surface area (TPSA) is 61.4 Å². The van der Waals surface area contributed by atoms with E-state index in [1.54, 1.807) is 12.1 Å². The number of carbonyl (C=O) groups is 1. The predicted octanol–water partition coefficient (Wildman–Crippen LogP) is 3.76. The van der Waals surface area contributed by atoms with Crippen LogP contribution in [0.5, 0.6) is 5.75 Å². The van der Waals surface area contributed by atoms with Crippen LogP contribution in [0, 0.1) is 5.82 Å². The number of aromatic hydroxyl groups is 1. The smallest absolute Gasteiger partial charge is 0.221 e. The van der Waals surface area contributed by atoms with Gasteiger partial charge in [0.05, 0.1) is 5.69 Å². The summed E-state index contributed by atoms with van der Waals surface area (Å²) in [6.07, 6.45) is 0. The van der Waals surface area contributed by atoms with E-state index >= 15 is 0 Å². The van der Waals surface area contributed by atoms with Gasteiger partial charge in [0, 0.05) is 29.7 Å². The van der Waals surface area contributed by atoms with Gasteiger partial charge in [-0.3, -0.25) is 4.79 Å². The molecule has 0 aromatic heterocycles. The van der Waals surface area contributed by atoms with Crippen LogP contribution >= 0.6 is 11.6 Å². The Bertz CT molecular complexity index is 677. The summed E-state index contributed by atoms with van der Waals surface area (Å²) in [4.78, 5) is 11.0. The molecule has 2 rings (SSSR count). The van der Waals surface area contributed by atoms with Crippen LogP contribution in [0.2, 0.25) is 5.02 Å². The highest BCUT2D eigenvalue weighted by molar-refractivity contribution is 6.30. The third-order valence-electron chi connectivity index (χ3n) is 2.80. The van der Waals surface area contributed by atoms with Crippen LogP contribution in [0.25, 0.3) is 0 Å². The number of benzene rings is 2. The number of carbonyl (C=O) groups excluding carboxylic acids is 1. The Labute approximate surface area is 126 Å². The number of hydrogen-bond acceptors (Lipinski definition) is 3. The van der Waals surface area contributed by atoms with Crippen LogP contribution in [0.4, 0.5) is 15.8 Å². The summed E-state index contributed by atoms with van der Waals surface area (Å²) < 4.78 is 13.7. The van der Waals surface area contributed by atoms with Crippen LogP contribution in [0.3, 0.4) is 0 Å². The van der Waals surface area contributed by atoms with Gasteiger partial charge in [0.15, 0.2) is 0 Å². The van der Waals surface area contributed by atoms with E-state index in [-0.39, 0.29) is 23.9 Å². The fourth-order valence-electron chi connectivity index (χ4n) is 1.83. The van der Waals surface area contributed by atoms with Crippen LogP contribution in [-0.4, -0.2) is 11.0 Å². The highest BCUT2D eigenvalue weighted by atomic mass is 35.5. The third kappa shape index (κ3) is 4.10. The minimum absolute atomic E-state index is 0.0744. The molecular formula is C15H14ClFN2O2. The standard InChI is InChI=1S/C15H14ClFN2O2/c1-9(20)19-12-3-4-13(17)14(7-12)18-8-10-6-11(16)2-5-15(10)21/h2-7,18,21H,8H2,1H3,(H,19,20). The number of halogens is 2. The Morgan fingerprint density at radius 1 is 1.29 bits per heavy atom. The Balaban J connectivity index is 2.15. The number of phenolic OH excluding ortho intramolecular Hbond substituents is 1. The van der Waals surface area contributed by atoms with Gasteiger partial charge >= 0.3 is 0 Å².